The molecule has 0 rings (SSSR count). The summed E-state index contributed by atoms with van der Waals surface area (Å²) in [5.41, 5.74) is 0. The second-order valence-corrected chi connectivity index (χ2v) is 3.83. The van der Waals surface area contributed by atoms with E-state index in [4.69, 9.17) is 4.74 Å². The van der Waals surface area contributed by atoms with E-state index in [1.807, 2.05) is 0 Å². The van der Waals surface area contributed by atoms with E-state index in [-0.39, 0.29) is 59.1 Å². The number of carboxylic acids is 1. The number of hydrogen-bond donors (Lipinski definition) is 0. The molecule has 0 aliphatic heterocycles. The minimum atomic E-state index is -5.08. The minimum absolute atomic E-state index is 0. The third-order valence-electron chi connectivity index (χ3n) is 1.20. The van der Waals surface area contributed by atoms with Crippen molar-refractivity contribution in [1.29, 1.82) is 0 Å². The second-order valence-electron chi connectivity index (χ2n) is 2.85. The number of carbonyl (C=O) groups excluding carboxylic acids is 2. The average molecular weight is 340 g/mol. The fourth-order valence-corrected chi connectivity index (χ4v) is 0.905. The van der Waals surface area contributed by atoms with Crippen LogP contribution in [0.3, 0.4) is 0 Å². The fourth-order valence-electron chi connectivity index (χ4n) is 0.594. The fraction of sp³-hybridized carbons (Fsp3) is 0.400. The van der Waals surface area contributed by atoms with Crippen LogP contribution in [0, 0.1) is 0 Å². The summed E-state index contributed by atoms with van der Waals surface area (Å²) in [4.78, 5) is 20.0. The van der Waals surface area contributed by atoms with Gasteiger partial charge in [0.2, 0.25) is 0 Å². The van der Waals surface area contributed by atoms with Crippen molar-refractivity contribution in [3.05, 3.63) is 25.3 Å². The molecule has 0 aromatic carbocycles. The Morgan fingerprint density at radius 1 is 1.05 bits per heavy atom. The summed E-state index contributed by atoms with van der Waals surface area (Å²) in [6.45, 7) is 8.18. The van der Waals surface area contributed by atoms with Crippen LogP contribution < -0.4 is 64.2 Å². The van der Waals surface area contributed by atoms with Gasteiger partial charge in [-0.25, -0.2) is 8.42 Å². The summed E-state index contributed by atoms with van der Waals surface area (Å²) in [7, 11) is -5.08. The maximum Gasteiger partial charge on any atom is 1.00 e. The van der Waals surface area contributed by atoms with E-state index < -0.39 is 35.2 Å². The van der Waals surface area contributed by atoms with Gasteiger partial charge in [0, 0.05) is 5.97 Å². The largest absolute Gasteiger partial charge is 1.00 e. The molecular weight excluding hydrogens is 326 g/mol. The van der Waals surface area contributed by atoms with Gasteiger partial charge in [-0.05, 0) is 6.42 Å². The molecule has 0 spiro atoms. The van der Waals surface area contributed by atoms with Crippen LogP contribution in [-0.4, -0.2) is 38.1 Å². The number of carbonyl (C=O) groups is 2. The summed E-state index contributed by atoms with van der Waals surface area (Å²) in [5.74, 6) is -2.94. The Bertz CT molecular complexity index is 399. The molecule has 0 aromatic heterocycles. The molecular formula is C10H14Na2O8S. The van der Waals surface area contributed by atoms with Crippen LogP contribution in [0.1, 0.15) is 12.8 Å². The summed E-state index contributed by atoms with van der Waals surface area (Å²) in [6.07, 6.45) is 2.03. The Morgan fingerprint density at radius 2 is 1.48 bits per heavy atom. The van der Waals surface area contributed by atoms with Gasteiger partial charge in [0.05, 0.1) is 19.6 Å². The van der Waals surface area contributed by atoms with E-state index in [2.05, 4.69) is 17.3 Å². The Hall–Kier alpha value is 0.290. The predicted octanol–water partition coefficient (Wildman–Crippen LogP) is -7.10. The molecule has 0 aliphatic rings. The molecule has 0 atom stereocenters. The molecule has 21 heavy (non-hydrogen) atoms. The van der Waals surface area contributed by atoms with Crippen molar-refractivity contribution in [2.24, 2.45) is 0 Å². The zero-order chi connectivity index (χ0) is 15.3. The molecule has 11 heteroatoms. The Labute approximate surface area is 168 Å². The van der Waals surface area contributed by atoms with Gasteiger partial charge in [-0.2, -0.15) is 0 Å². The van der Waals surface area contributed by atoms with Crippen LogP contribution in [0.2, 0.25) is 0 Å². The van der Waals surface area contributed by atoms with Gasteiger partial charge in [-0.15, -0.1) is 13.2 Å². The van der Waals surface area contributed by atoms with Crippen LogP contribution >= 0.6 is 0 Å². The Morgan fingerprint density at radius 3 is 1.76 bits per heavy atom. The van der Waals surface area contributed by atoms with Crippen LogP contribution in [0.15, 0.2) is 25.3 Å². The van der Waals surface area contributed by atoms with Crippen LogP contribution in [-0.2, 0) is 28.9 Å². The SMILES string of the molecule is C=CCOCC=C.O=C([O-])CCC(=O)OS(=O)(=O)[O-].[Na+].[Na+]. The van der Waals surface area contributed by atoms with Crippen molar-refractivity contribution >= 4 is 22.3 Å². The smallest absolute Gasteiger partial charge is 0.716 e. The number of aliphatic carboxylic acids is 1. The van der Waals surface area contributed by atoms with Crippen molar-refractivity contribution in [2.45, 2.75) is 12.8 Å². The van der Waals surface area contributed by atoms with Crippen molar-refractivity contribution in [1.82, 2.24) is 0 Å². The van der Waals surface area contributed by atoms with Gasteiger partial charge in [0.25, 0.3) is 10.4 Å². The predicted molar refractivity (Wildman–Crippen MR) is 61.2 cm³/mol. The molecule has 0 unspecified atom stereocenters. The summed E-state index contributed by atoms with van der Waals surface area (Å²) < 4.78 is 37.3. The van der Waals surface area contributed by atoms with E-state index in [9.17, 15) is 27.7 Å². The maximum absolute atomic E-state index is 10.3. The molecule has 0 fully saturated rings. The number of ether oxygens (including phenoxy) is 1. The molecule has 0 saturated carbocycles. The standard InChI is InChI=1S/C6H10O.C4H6O7S.2Na/c1-3-5-7-6-4-2;5-3(6)1-2-4(7)11-12(8,9)10;;/h3-4H,1-2,5-6H2;1-2H2,(H,5,6)(H,8,9,10);;/q;;2*+1/p-2. The average Bonchev–Trinajstić information content (AvgIpc) is 2.26. The van der Waals surface area contributed by atoms with Crippen molar-refractivity contribution in [3.8, 4) is 0 Å². The van der Waals surface area contributed by atoms with Gasteiger partial charge >= 0.3 is 65.1 Å². The Kier molecular flexibility index (Phi) is 25.6. The molecule has 0 aliphatic carbocycles. The normalized spacial score (nSPS) is 8.81. The first-order valence-electron chi connectivity index (χ1n) is 4.90. The summed E-state index contributed by atoms with van der Waals surface area (Å²) in [6, 6.07) is 0. The monoisotopic (exact) mass is 340 g/mol. The van der Waals surface area contributed by atoms with Gasteiger partial charge in [0.15, 0.2) is 0 Å². The topological polar surface area (TPSA) is 133 Å². The van der Waals surface area contributed by atoms with Crippen LogP contribution in [0.25, 0.3) is 0 Å². The second kappa shape index (κ2) is 18.3. The number of carboxylic acid groups (broad SMARTS) is 1. The third kappa shape index (κ3) is 33.2. The quantitative estimate of drug-likeness (QED) is 0.140. The molecule has 0 heterocycles. The first-order valence-corrected chi connectivity index (χ1v) is 6.23. The zero-order valence-electron chi connectivity index (χ0n) is 12.1. The van der Waals surface area contributed by atoms with Gasteiger partial charge in [-0.1, -0.05) is 12.2 Å². The molecule has 8 nitrogen and oxygen atoms in total. The molecule has 0 N–H and O–H groups in total. The number of hydrogen-bond acceptors (Lipinski definition) is 8. The van der Waals surface area contributed by atoms with E-state index in [0.29, 0.717) is 13.2 Å². The van der Waals surface area contributed by atoms with Crippen molar-refractivity contribution < 1.29 is 95.7 Å². The molecule has 0 aromatic rings. The van der Waals surface area contributed by atoms with E-state index in [1.54, 1.807) is 12.2 Å². The van der Waals surface area contributed by atoms with Crippen LogP contribution in [0.4, 0.5) is 0 Å². The van der Waals surface area contributed by atoms with Crippen molar-refractivity contribution in [3.63, 3.8) is 0 Å². The summed E-state index contributed by atoms with van der Waals surface area (Å²) in [5, 5.41) is 9.72. The zero-order valence-corrected chi connectivity index (χ0v) is 16.9. The van der Waals surface area contributed by atoms with Crippen LogP contribution in [0.5, 0.6) is 0 Å². The van der Waals surface area contributed by atoms with E-state index in [0.717, 1.165) is 0 Å². The minimum Gasteiger partial charge on any atom is -0.716 e. The molecule has 0 saturated heterocycles. The maximum atomic E-state index is 10.3. The summed E-state index contributed by atoms with van der Waals surface area (Å²) >= 11 is 0. The van der Waals surface area contributed by atoms with Gasteiger partial charge < -0.3 is 23.4 Å². The van der Waals surface area contributed by atoms with Gasteiger partial charge in [0.1, 0.15) is 0 Å². The molecule has 110 valence electrons. The third-order valence-corrected chi connectivity index (χ3v) is 1.59. The Balaban J connectivity index is -0.000000140. The molecule has 0 radical (unpaired) electrons. The van der Waals surface area contributed by atoms with Gasteiger partial charge in [-0.3, -0.25) is 4.79 Å². The van der Waals surface area contributed by atoms with E-state index in [1.165, 1.54) is 0 Å². The molecule has 0 amide bonds. The van der Waals surface area contributed by atoms with E-state index >= 15 is 0 Å². The first kappa shape index (κ1) is 29.3. The number of rotatable bonds is 8. The van der Waals surface area contributed by atoms with Crippen molar-refractivity contribution in [2.75, 3.05) is 13.2 Å². The molecule has 0 bridgehead atoms. The first-order chi connectivity index (χ1) is 8.72.